The predicted molar refractivity (Wildman–Crippen MR) is 125 cm³/mol. The molecule has 3 unspecified atom stereocenters. The van der Waals surface area contributed by atoms with Gasteiger partial charge in [0.15, 0.2) is 12.1 Å². The first-order valence-electron chi connectivity index (χ1n) is 11.2. The Morgan fingerprint density at radius 1 is 1.03 bits per heavy atom. The summed E-state index contributed by atoms with van der Waals surface area (Å²) in [5.41, 5.74) is 0.608. The Hall–Kier alpha value is -3.19. The Labute approximate surface area is 195 Å². The van der Waals surface area contributed by atoms with E-state index in [9.17, 15) is 14.4 Å². The summed E-state index contributed by atoms with van der Waals surface area (Å²) in [7, 11) is 2.00. The number of ether oxygens (including phenoxy) is 2. The number of amides is 1. The van der Waals surface area contributed by atoms with Gasteiger partial charge in [0.2, 0.25) is 5.78 Å². The second-order valence-electron chi connectivity index (χ2n) is 9.81. The van der Waals surface area contributed by atoms with Crippen LogP contribution in [-0.2, 0) is 14.3 Å². The number of nitrogens with zero attached hydrogens (tertiary/aromatic N) is 1. The maximum Gasteiger partial charge on any atom is 0.408 e. The zero-order valence-corrected chi connectivity index (χ0v) is 19.7. The summed E-state index contributed by atoms with van der Waals surface area (Å²) >= 11 is 0. The third-order valence-corrected chi connectivity index (χ3v) is 5.57. The van der Waals surface area contributed by atoms with Gasteiger partial charge in [0, 0.05) is 12.0 Å². The van der Waals surface area contributed by atoms with Crippen molar-refractivity contribution in [1.29, 1.82) is 0 Å². The summed E-state index contributed by atoms with van der Waals surface area (Å²) in [6.45, 7) is 6.89. The molecule has 2 aromatic rings. The highest BCUT2D eigenvalue weighted by Gasteiger charge is 2.40. The first kappa shape index (κ1) is 24.5. The van der Waals surface area contributed by atoms with E-state index in [-0.39, 0.29) is 11.9 Å². The van der Waals surface area contributed by atoms with Gasteiger partial charge in [0.05, 0.1) is 13.6 Å². The van der Waals surface area contributed by atoms with Crippen LogP contribution >= 0.6 is 0 Å². The number of carbonyl (C=O) groups is 3. The molecule has 33 heavy (non-hydrogen) atoms. The largest absolute Gasteiger partial charge is 0.454 e. The molecule has 0 bridgehead atoms. The van der Waals surface area contributed by atoms with Gasteiger partial charge in [0.1, 0.15) is 18.7 Å². The lowest BCUT2D eigenvalue weighted by atomic mass is 10.1. The maximum absolute atomic E-state index is 13.1. The van der Waals surface area contributed by atoms with Gasteiger partial charge in [-0.1, -0.05) is 60.7 Å². The molecule has 3 rings (SSSR count). The second-order valence-corrected chi connectivity index (χ2v) is 9.81. The molecule has 1 heterocycles. The van der Waals surface area contributed by atoms with E-state index < -0.39 is 23.7 Å². The number of hydrogen-bond donors (Lipinski definition) is 1. The smallest absolute Gasteiger partial charge is 0.408 e. The Kier molecular flexibility index (Phi) is 7.53. The van der Waals surface area contributed by atoms with Crippen molar-refractivity contribution in [2.24, 2.45) is 0 Å². The fourth-order valence-corrected chi connectivity index (χ4v) is 4.01. The molecule has 1 N–H and O–H groups in total. The lowest BCUT2D eigenvalue weighted by molar-refractivity contribution is -0.890. The number of rotatable bonds is 7. The van der Waals surface area contributed by atoms with E-state index in [4.69, 9.17) is 9.47 Å². The van der Waals surface area contributed by atoms with Crippen LogP contribution in [0.2, 0.25) is 0 Å². The van der Waals surface area contributed by atoms with E-state index >= 15 is 0 Å². The lowest BCUT2D eigenvalue weighted by Crippen LogP contribution is -2.46. The average Bonchev–Trinajstić information content (AvgIpc) is 3.11. The molecular formula is C26H33N2O5+. The first-order chi connectivity index (χ1) is 15.5. The molecule has 1 aliphatic heterocycles. The summed E-state index contributed by atoms with van der Waals surface area (Å²) in [6.07, 6.45) is -0.371. The van der Waals surface area contributed by atoms with E-state index in [0.29, 0.717) is 35.1 Å². The highest BCUT2D eigenvalue weighted by Crippen LogP contribution is 2.24. The van der Waals surface area contributed by atoms with Gasteiger partial charge in [-0.05, 0) is 26.3 Å². The topological polar surface area (TPSA) is 81.7 Å². The summed E-state index contributed by atoms with van der Waals surface area (Å²) in [6, 6.07) is 17.2. The minimum absolute atomic E-state index is 0.0684. The van der Waals surface area contributed by atoms with Gasteiger partial charge in [-0.25, -0.2) is 9.59 Å². The molecule has 1 fully saturated rings. The normalized spacial score (nSPS) is 21.2. The van der Waals surface area contributed by atoms with Crippen LogP contribution in [0.4, 0.5) is 4.79 Å². The number of esters is 1. The molecule has 1 aliphatic rings. The predicted octanol–water partition coefficient (Wildman–Crippen LogP) is 3.90. The van der Waals surface area contributed by atoms with Crippen LogP contribution in [0.5, 0.6) is 0 Å². The fraction of sp³-hybridized carbons (Fsp3) is 0.423. The van der Waals surface area contributed by atoms with E-state index in [1.54, 1.807) is 45.0 Å². The molecule has 1 amide bonds. The van der Waals surface area contributed by atoms with E-state index in [2.05, 4.69) is 5.32 Å². The van der Waals surface area contributed by atoms with Gasteiger partial charge in [-0.3, -0.25) is 4.79 Å². The molecule has 7 heteroatoms. The zero-order chi connectivity index (χ0) is 24.1. The van der Waals surface area contributed by atoms with Crippen molar-refractivity contribution in [2.45, 2.75) is 44.9 Å². The number of carbonyl (C=O) groups excluding carboxylic acids is 3. The van der Waals surface area contributed by atoms with E-state index in [1.165, 1.54) is 0 Å². The standard InChI is InChI=1S/C26H32N2O5/c1-26(2,3)33-25(31)27-23(20-13-9-6-10-14-20)24(30)32-21-15-16-28(4,17-21)18-22(29)19-11-7-5-8-12-19/h5-14,21,23H,15-18H2,1-4H3/p+1. The molecule has 176 valence electrons. The molecule has 3 atom stereocenters. The first-order valence-corrected chi connectivity index (χ1v) is 11.2. The molecule has 0 radical (unpaired) electrons. The number of quaternary nitrogens is 1. The molecule has 7 nitrogen and oxygen atoms in total. The van der Waals surface area contributed by atoms with Crippen LogP contribution in [-0.4, -0.2) is 60.7 Å². The Morgan fingerprint density at radius 3 is 2.24 bits per heavy atom. The summed E-state index contributed by atoms with van der Waals surface area (Å²) < 4.78 is 11.6. The Bertz CT molecular complexity index is 971. The van der Waals surface area contributed by atoms with Crippen LogP contribution < -0.4 is 5.32 Å². The highest BCUT2D eigenvalue weighted by molar-refractivity contribution is 5.96. The number of ketones is 1. The third kappa shape index (κ3) is 7.15. The minimum atomic E-state index is -0.980. The van der Waals surface area contributed by atoms with E-state index in [1.807, 2.05) is 43.4 Å². The Morgan fingerprint density at radius 2 is 1.64 bits per heavy atom. The SMILES string of the molecule is CC(C)(C)OC(=O)NC(C(=O)OC1CC[N+](C)(CC(=O)c2ccccc2)C1)c1ccccc1. The van der Waals surface area contributed by atoms with E-state index in [0.717, 1.165) is 6.54 Å². The van der Waals surface area contributed by atoms with Gasteiger partial charge < -0.3 is 19.3 Å². The monoisotopic (exact) mass is 453 g/mol. The number of likely N-dealkylation sites (N-methyl/N-ethyl adjacent to an activating group) is 1. The molecular weight excluding hydrogens is 420 g/mol. The number of benzene rings is 2. The Balaban J connectivity index is 1.64. The van der Waals surface area contributed by atoms with Crippen LogP contribution in [0, 0.1) is 0 Å². The molecule has 0 spiro atoms. The molecule has 0 saturated carbocycles. The number of likely N-dealkylation sites (tertiary alicyclic amines) is 1. The van der Waals surface area contributed by atoms with Crippen molar-refractivity contribution in [3.05, 3.63) is 71.8 Å². The number of nitrogens with one attached hydrogen (secondary N) is 1. The van der Waals surface area contributed by atoms with Gasteiger partial charge >= 0.3 is 12.1 Å². The van der Waals surface area contributed by atoms with Crippen LogP contribution in [0.25, 0.3) is 0 Å². The van der Waals surface area contributed by atoms with Crippen molar-refractivity contribution in [1.82, 2.24) is 5.32 Å². The molecule has 1 saturated heterocycles. The molecule has 0 aliphatic carbocycles. The highest BCUT2D eigenvalue weighted by atomic mass is 16.6. The van der Waals surface area contributed by atoms with Crippen LogP contribution in [0.15, 0.2) is 60.7 Å². The van der Waals surface area contributed by atoms with Gasteiger partial charge in [-0.2, -0.15) is 0 Å². The van der Waals surface area contributed by atoms with Crippen molar-refractivity contribution in [2.75, 3.05) is 26.7 Å². The summed E-state index contributed by atoms with van der Waals surface area (Å²) in [5.74, 6) is -0.473. The van der Waals surface area contributed by atoms with Crippen molar-refractivity contribution < 1.29 is 28.3 Å². The van der Waals surface area contributed by atoms with Crippen molar-refractivity contribution in [3.63, 3.8) is 0 Å². The fourth-order valence-electron chi connectivity index (χ4n) is 4.01. The minimum Gasteiger partial charge on any atom is -0.454 e. The van der Waals surface area contributed by atoms with Crippen molar-refractivity contribution >= 4 is 17.8 Å². The van der Waals surface area contributed by atoms with Gasteiger partial charge in [-0.15, -0.1) is 0 Å². The number of Topliss-reactive ketones (excluding diaryl/α,β-unsaturated/α-hetero) is 1. The summed E-state index contributed by atoms with van der Waals surface area (Å²) in [4.78, 5) is 38.1. The number of hydrogen-bond acceptors (Lipinski definition) is 5. The lowest BCUT2D eigenvalue weighted by Gasteiger charge is -2.29. The zero-order valence-electron chi connectivity index (χ0n) is 19.7. The average molecular weight is 454 g/mol. The summed E-state index contributed by atoms with van der Waals surface area (Å²) in [5, 5.41) is 2.64. The van der Waals surface area contributed by atoms with Crippen molar-refractivity contribution in [3.8, 4) is 0 Å². The maximum atomic E-state index is 13.1. The quantitative estimate of drug-likeness (QED) is 0.391. The van der Waals surface area contributed by atoms with Crippen LogP contribution in [0.3, 0.4) is 0 Å². The number of alkyl carbamates (subject to hydrolysis) is 1. The van der Waals surface area contributed by atoms with Crippen LogP contribution in [0.1, 0.15) is 49.2 Å². The van der Waals surface area contributed by atoms with Gasteiger partial charge in [0.25, 0.3) is 0 Å². The molecule has 0 aromatic heterocycles. The second kappa shape index (κ2) is 10.2. The third-order valence-electron chi connectivity index (χ3n) is 5.57. The molecule has 2 aromatic carbocycles.